The first kappa shape index (κ1) is 10.3. The van der Waals surface area contributed by atoms with Crippen molar-refractivity contribution in [2.24, 2.45) is 0 Å². The molecule has 0 saturated carbocycles. The molecule has 0 saturated heterocycles. The van der Waals surface area contributed by atoms with Gasteiger partial charge in [0.1, 0.15) is 0 Å². The van der Waals surface area contributed by atoms with Crippen molar-refractivity contribution in [2.45, 2.75) is 13.8 Å². The van der Waals surface area contributed by atoms with E-state index >= 15 is 0 Å². The van der Waals surface area contributed by atoms with Crippen molar-refractivity contribution in [1.82, 2.24) is 0 Å². The SMILES string of the molecule is CC.COC(=O)OC. The molecule has 0 spiro atoms. The summed E-state index contributed by atoms with van der Waals surface area (Å²) in [7, 11) is 2.51. The number of rotatable bonds is 0. The second-order valence-electron chi connectivity index (χ2n) is 0.658. The van der Waals surface area contributed by atoms with Gasteiger partial charge in [-0.25, -0.2) is 4.79 Å². The van der Waals surface area contributed by atoms with E-state index in [1.165, 1.54) is 14.2 Å². The molecule has 0 fully saturated rings. The summed E-state index contributed by atoms with van der Waals surface area (Å²) in [6.07, 6.45) is -0.657. The van der Waals surface area contributed by atoms with E-state index in [1.54, 1.807) is 0 Å². The van der Waals surface area contributed by atoms with Crippen molar-refractivity contribution >= 4 is 6.16 Å². The van der Waals surface area contributed by atoms with Crippen LogP contribution in [0.2, 0.25) is 0 Å². The molecule has 0 N–H and O–H groups in total. The summed E-state index contributed by atoms with van der Waals surface area (Å²) in [6, 6.07) is 0. The Morgan fingerprint density at radius 2 is 1.38 bits per heavy atom. The predicted molar refractivity (Wildman–Crippen MR) is 30.8 cm³/mol. The van der Waals surface area contributed by atoms with Gasteiger partial charge in [0.05, 0.1) is 14.2 Å². The Balaban J connectivity index is 0. The van der Waals surface area contributed by atoms with Crippen molar-refractivity contribution in [3.63, 3.8) is 0 Å². The van der Waals surface area contributed by atoms with Crippen LogP contribution in [0.15, 0.2) is 0 Å². The number of hydrogen-bond acceptors (Lipinski definition) is 3. The van der Waals surface area contributed by atoms with E-state index < -0.39 is 6.16 Å². The van der Waals surface area contributed by atoms with Gasteiger partial charge in [-0.05, 0) is 0 Å². The molecule has 0 aliphatic rings. The van der Waals surface area contributed by atoms with Gasteiger partial charge in [-0.15, -0.1) is 0 Å². The number of carbonyl (C=O) groups excluding carboxylic acids is 1. The summed E-state index contributed by atoms with van der Waals surface area (Å²) in [5.74, 6) is 0. The third kappa shape index (κ3) is 8.99. The van der Waals surface area contributed by atoms with E-state index in [0.29, 0.717) is 0 Å². The van der Waals surface area contributed by atoms with Gasteiger partial charge >= 0.3 is 6.16 Å². The molecule has 0 atom stereocenters. The van der Waals surface area contributed by atoms with Gasteiger partial charge in [0.15, 0.2) is 0 Å². The van der Waals surface area contributed by atoms with Crippen molar-refractivity contribution in [2.75, 3.05) is 14.2 Å². The van der Waals surface area contributed by atoms with E-state index in [4.69, 9.17) is 0 Å². The summed E-state index contributed by atoms with van der Waals surface area (Å²) in [4.78, 5) is 9.74. The maximum atomic E-state index is 9.74. The monoisotopic (exact) mass is 120 g/mol. The molecule has 0 heterocycles. The minimum atomic E-state index is -0.657. The van der Waals surface area contributed by atoms with Crippen molar-refractivity contribution in [1.29, 1.82) is 0 Å². The van der Waals surface area contributed by atoms with Crippen LogP contribution in [0.3, 0.4) is 0 Å². The zero-order valence-corrected chi connectivity index (χ0v) is 5.72. The molecule has 0 bridgehead atoms. The van der Waals surface area contributed by atoms with Gasteiger partial charge in [0.25, 0.3) is 0 Å². The van der Waals surface area contributed by atoms with Crippen molar-refractivity contribution < 1.29 is 14.3 Å². The summed E-state index contributed by atoms with van der Waals surface area (Å²) in [5, 5.41) is 0. The molecule has 0 aliphatic carbocycles. The first-order valence-corrected chi connectivity index (χ1v) is 2.43. The van der Waals surface area contributed by atoms with Crippen LogP contribution in [0.1, 0.15) is 13.8 Å². The lowest BCUT2D eigenvalue weighted by Crippen LogP contribution is -1.97. The second kappa shape index (κ2) is 9.55. The molecule has 0 unspecified atom stereocenters. The maximum absolute atomic E-state index is 9.74. The number of ether oxygens (including phenoxy) is 2. The van der Waals surface area contributed by atoms with Crippen LogP contribution in [-0.4, -0.2) is 20.4 Å². The third-order valence-corrected chi connectivity index (χ3v) is 0.333. The van der Waals surface area contributed by atoms with Crippen LogP contribution in [0, 0.1) is 0 Å². The predicted octanol–water partition coefficient (Wildman–Crippen LogP) is 1.43. The first-order chi connectivity index (χ1) is 3.81. The Morgan fingerprint density at radius 3 is 1.38 bits per heavy atom. The quantitative estimate of drug-likeness (QED) is 0.453. The van der Waals surface area contributed by atoms with E-state index in [9.17, 15) is 4.79 Å². The molecule has 8 heavy (non-hydrogen) atoms. The minimum absolute atomic E-state index is 0.657. The topological polar surface area (TPSA) is 35.5 Å². The molecule has 0 radical (unpaired) electrons. The highest BCUT2D eigenvalue weighted by atomic mass is 16.7. The summed E-state index contributed by atoms with van der Waals surface area (Å²) in [6.45, 7) is 4.00. The normalized spacial score (nSPS) is 6.00. The van der Waals surface area contributed by atoms with Crippen LogP contribution in [0.25, 0.3) is 0 Å². The first-order valence-electron chi connectivity index (χ1n) is 2.43. The molecule has 3 heteroatoms. The van der Waals surface area contributed by atoms with Crippen LogP contribution >= 0.6 is 0 Å². The van der Waals surface area contributed by atoms with Crippen LogP contribution in [0.4, 0.5) is 4.79 Å². The smallest absolute Gasteiger partial charge is 0.438 e. The van der Waals surface area contributed by atoms with Gasteiger partial charge in [0.2, 0.25) is 0 Å². The Bertz CT molecular complexity index is 45.6. The van der Waals surface area contributed by atoms with Gasteiger partial charge in [-0.1, -0.05) is 13.8 Å². The standard InChI is InChI=1S/C3H6O3.C2H6/c1-5-3(4)6-2;1-2/h1-2H3;1-2H3. The molecule has 0 aromatic carbocycles. The van der Waals surface area contributed by atoms with Gasteiger partial charge in [-0.3, -0.25) is 0 Å². The van der Waals surface area contributed by atoms with Gasteiger partial charge in [0, 0.05) is 0 Å². The lowest BCUT2D eigenvalue weighted by atomic mass is 11.0. The zero-order chi connectivity index (χ0) is 6.99. The van der Waals surface area contributed by atoms with Crippen LogP contribution in [0.5, 0.6) is 0 Å². The van der Waals surface area contributed by atoms with Crippen LogP contribution < -0.4 is 0 Å². The summed E-state index contributed by atoms with van der Waals surface area (Å²) in [5.41, 5.74) is 0. The number of methoxy groups -OCH3 is 2. The van der Waals surface area contributed by atoms with E-state index in [1.807, 2.05) is 13.8 Å². The highest BCUT2D eigenvalue weighted by Crippen LogP contribution is 1.72. The molecule has 0 aromatic rings. The Morgan fingerprint density at radius 1 is 1.12 bits per heavy atom. The fourth-order valence-electron chi connectivity index (χ4n) is 0.0833. The van der Waals surface area contributed by atoms with Gasteiger partial charge < -0.3 is 9.47 Å². The number of hydrogen-bond donors (Lipinski definition) is 0. The zero-order valence-electron chi connectivity index (χ0n) is 5.72. The highest BCUT2D eigenvalue weighted by Gasteiger charge is 1.88. The number of carbonyl (C=O) groups is 1. The van der Waals surface area contributed by atoms with Crippen molar-refractivity contribution in [3.8, 4) is 0 Å². The molecule has 0 aliphatic heterocycles. The summed E-state index contributed by atoms with van der Waals surface area (Å²) >= 11 is 0. The molecule has 0 amide bonds. The van der Waals surface area contributed by atoms with E-state index in [2.05, 4.69) is 9.47 Å². The average Bonchev–Trinajstić information content (AvgIpc) is 1.91. The average molecular weight is 120 g/mol. The highest BCUT2D eigenvalue weighted by molar-refractivity contribution is 5.59. The maximum Gasteiger partial charge on any atom is 0.507 e. The summed E-state index contributed by atoms with van der Waals surface area (Å²) < 4.78 is 8.08. The Labute approximate surface area is 49.6 Å². The van der Waals surface area contributed by atoms with E-state index in [0.717, 1.165) is 0 Å². The molecule has 3 nitrogen and oxygen atoms in total. The van der Waals surface area contributed by atoms with Crippen LogP contribution in [-0.2, 0) is 9.47 Å². The van der Waals surface area contributed by atoms with Crippen molar-refractivity contribution in [3.05, 3.63) is 0 Å². The lowest BCUT2D eigenvalue weighted by molar-refractivity contribution is 0.0924. The second-order valence-corrected chi connectivity index (χ2v) is 0.658. The van der Waals surface area contributed by atoms with E-state index in [-0.39, 0.29) is 0 Å². The fraction of sp³-hybridized carbons (Fsp3) is 0.800. The Hall–Kier alpha value is -0.730. The molecular weight excluding hydrogens is 108 g/mol. The fourth-order valence-corrected chi connectivity index (χ4v) is 0.0833. The molecule has 50 valence electrons. The van der Waals surface area contributed by atoms with Gasteiger partial charge in [-0.2, -0.15) is 0 Å². The minimum Gasteiger partial charge on any atom is -0.438 e. The molecular formula is C5H12O3. The molecule has 0 rings (SSSR count). The molecule has 0 aromatic heterocycles. The lowest BCUT2D eigenvalue weighted by Gasteiger charge is -1.89. The third-order valence-electron chi connectivity index (χ3n) is 0.333. The Kier molecular flexibility index (Phi) is 12.3. The largest absolute Gasteiger partial charge is 0.507 e.